The van der Waals surface area contributed by atoms with Crippen molar-refractivity contribution in [1.82, 2.24) is 19.9 Å². The summed E-state index contributed by atoms with van der Waals surface area (Å²) in [6.07, 6.45) is 0. The number of benzene rings is 7. The lowest BCUT2D eigenvalue weighted by molar-refractivity contribution is 0.620. The molecule has 0 atom stereocenters. The molecule has 0 saturated carbocycles. The first kappa shape index (κ1) is 29.7. The van der Waals surface area contributed by atoms with Gasteiger partial charge < -0.3 is 8.83 Å². The van der Waals surface area contributed by atoms with E-state index in [1.807, 2.05) is 109 Å². The molecule has 0 aliphatic heterocycles. The fourth-order valence-electron chi connectivity index (χ4n) is 6.90. The molecule has 0 bridgehead atoms. The van der Waals surface area contributed by atoms with Gasteiger partial charge in [0.2, 0.25) is 5.89 Å². The first-order chi connectivity index (χ1) is 25.8. The average Bonchev–Trinajstić information content (AvgIpc) is 3.83. The molecule has 244 valence electrons. The highest BCUT2D eigenvalue weighted by Gasteiger charge is 2.21. The first-order valence-electron chi connectivity index (χ1n) is 17.1. The van der Waals surface area contributed by atoms with Gasteiger partial charge in [0.15, 0.2) is 23.1 Å². The van der Waals surface area contributed by atoms with Gasteiger partial charge in [0.1, 0.15) is 16.7 Å². The van der Waals surface area contributed by atoms with Crippen LogP contribution in [0.5, 0.6) is 0 Å². The van der Waals surface area contributed by atoms with Gasteiger partial charge in [0, 0.05) is 33.0 Å². The van der Waals surface area contributed by atoms with E-state index in [2.05, 4.69) is 60.7 Å². The molecule has 0 aliphatic rings. The number of rotatable bonds is 6. The van der Waals surface area contributed by atoms with Crippen LogP contribution in [0.25, 0.3) is 101 Å². The van der Waals surface area contributed by atoms with Crippen LogP contribution in [0.1, 0.15) is 0 Å². The zero-order chi connectivity index (χ0) is 34.4. The monoisotopic (exact) mass is 668 g/mol. The highest BCUT2D eigenvalue weighted by atomic mass is 16.3. The summed E-state index contributed by atoms with van der Waals surface area (Å²) >= 11 is 0. The van der Waals surface area contributed by atoms with E-state index in [9.17, 15) is 0 Å². The fourth-order valence-corrected chi connectivity index (χ4v) is 6.90. The largest absolute Gasteiger partial charge is 0.455 e. The van der Waals surface area contributed by atoms with Crippen LogP contribution in [-0.4, -0.2) is 19.9 Å². The highest BCUT2D eigenvalue weighted by Crippen LogP contribution is 2.41. The summed E-state index contributed by atoms with van der Waals surface area (Å²) in [5.74, 6) is 2.31. The third-order valence-electron chi connectivity index (χ3n) is 9.40. The normalized spacial score (nSPS) is 11.5. The maximum absolute atomic E-state index is 6.85. The molecule has 10 aromatic rings. The molecule has 7 aromatic carbocycles. The Morgan fingerprint density at radius 1 is 0.327 bits per heavy atom. The number of para-hydroxylation sites is 2. The molecule has 3 heterocycles. The van der Waals surface area contributed by atoms with Crippen molar-refractivity contribution >= 4 is 33.0 Å². The summed E-state index contributed by atoms with van der Waals surface area (Å²) in [4.78, 5) is 20.1. The molecule has 0 amide bonds. The maximum atomic E-state index is 6.85. The lowest BCUT2D eigenvalue weighted by atomic mass is 9.99. The first-order valence-corrected chi connectivity index (χ1v) is 17.1. The fraction of sp³-hybridized carbons (Fsp3) is 0. The molecule has 6 nitrogen and oxygen atoms in total. The Kier molecular flexibility index (Phi) is 7.03. The maximum Gasteiger partial charge on any atom is 0.227 e. The summed E-state index contributed by atoms with van der Waals surface area (Å²) in [6.45, 7) is 0. The Balaban J connectivity index is 1.14. The van der Waals surface area contributed by atoms with Gasteiger partial charge in [-0.3, -0.25) is 0 Å². The van der Waals surface area contributed by atoms with Crippen molar-refractivity contribution < 1.29 is 8.83 Å². The van der Waals surface area contributed by atoms with Gasteiger partial charge in [-0.2, -0.15) is 0 Å². The van der Waals surface area contributed by atoms with Crippen LogP contribution in [0, 0.1) is 0 Å². The van der Waals surface area contributed by atoms with Crippen molar-refractivity contribution in [1.29, 1.82) is 0 Å². The van der Waals surface area contributed by atoms with Crippen LogP contribution in [0.4, 0.5) is 0 Å². The number of furan rings is 1. The van der Waals surface area contributed by atoms with Crippen LogP contribution in [-0.2, 0) is 0 Å². The van der Waals surface area contributed by atoms with Crippen molar-refractivity contribution in [2.75, 3.05) is 0 Å². The molecule has 0 radical (unpaired) electrons. The standard InChI is InChI=1S/C46H28N4O2/c1-4-14-29(15-5-1)33-20-10-11-21-37(33)44-48-43(30-16-6-2-7-17-30)49-45(50-44)38-25-13-24-36-35-23-12-22-34(41(35)52-42(36)38)32-26-27-40-39(28-32)47-46(51-40)31-18-8-3-9-19-31/h1-28H. The summed E-state index contributed by atoms with van der Waals surface area (Å²) in [5, 5.41) is 1.99. The lowest BCUT2D eigenvalue weighted by Gasteiger charge is -2.12. The van der Waals surface area contributed by atoms with E-state index in [1.54, 1.807) is 0 Å². The third-order valence-corrected chi connectivity index (χ3v) is 9.40. The molecular weight excluding hydrogens is 641 g/mol. The molecule has 0 fully saturated rings. The quantitative estimate of drug-likeness (QED) is 0.175. The Bertz CT molecular complexity index is 2900. The number of oxazole rings is 1. The van der Waals surface area contributed by atoms with Crippen LogP contribution in [0.2, 0.25) is 0 Å². The van der Waals surface area contributed by atoms with Crippen LogP contribution in [0.3, 0.4) is 0 Å². The molecule has 10 rings (SSSR count). The van der Waals surface area contributed by atoms with E-state index >= 15 is 0 Å². The van der Waals surface area contributed by atoms with Gasteiger partial charge in [0.25, 0.3) is 0 Å². The zero-order valence-corrected chi connectivity index (χ0v) is 27.8. The Hall–Kier alpha value is -7.18. The van der Waals surface area contributed by atoms with Gasteiger partial charge in [-0.1, -0.05) is 140 Å². The van der Waals surface area contributed by atoms with E-state index < -0.39 is 0 Å². The molecule has 6 heteroatoms. The minimum absolute atomic E-state index is 0.537. The van der Waals surface area contributed by atoms with Gasteiger partial charge in [-0.05, 0) is 47.0 Å². The van der Waals surface area contributed by atoms with Crippen LogP contribution >= 0.6 is 0 Å². The number of hydrogen-bond donors (Lipinski definition) is 0. The number of hydrogen-bond acceptors (Lipinski definition) is 6. The van der Waals surface area contributed by atoms with Gasteiger partial charge in [-0.25, -0.2) is 19.9 Å². The van der Waals surface area contributed by atoms with E-state index in [4.69, 9.17) is 28.8 Å². The topological polar surface area (TPSA) is 77.8 Å². The van der Waals surface area contributed by atoms with E-state index in [-0.39, 0.29) is 0 Å². The minimum Gasteiger partial charge on any atom is -0.455 e. The second-order valence-corrected chi connectivity index (χ2v) is 12.6. The third kappa shape index (κ3) is 5.13. The van der Waals surface area contributed by atoms with Crippen molar-refractivity contribution in [3.05, 3.63) is 170 Å². The Labute approximate surface area is 298 Å². The highest BCUT2D eigenvalue weighted by molar-refractivity contribution is 6.13. The number of fused-ring (bicyclic) bond motifs is 4. The van der Waals surface area contributed by atoms with Gasteiger partial charge in [0.05, 0.1) is 5.56 Å². The Morgan fingerprint density at radius 3 is 1.58 bits per heavy atom. The molecule has 0 aliphatic carbocycles. The molecular formula is C46H28N4O2. The summed E-state index contributed by atoms with van der Waals surface area (Å²) in [6, 6.07) is 57.0. The van der Waals surface area contributed by atoms with E-state index in [0.717, 1.165) is 72.0 Å². The number of aromatic nitrogens is 4. The second kappa shape index (κ2) is 12.3. The van der Waals surface area contributed by atoms with Crippen LogP contribution < -0.4 is 0 Å². The van der Waals surface area contributed by atoms with Crippen LogP contribution in [0.15, 0.2) is 179 Å². The SMILES string of the molecule is c1ccc(-c2nc(-c3ccccc3-c3ccccc3)nc(-c3cccc4c3oc3c(-c5ccc6oc(-c7ccccc7)nc6c5)cccc34)n2)cc1. The molecule has 0 spiro atoms. The Morgan fingerprint density at radius 2 is 0.865 bits per heavy atom. The van der Waals surface area contributed by atoms with E-state index in [0.29, 0.717) is 28.9 Å². The summed E-state index contributed by atoms with van der Waals surface area (Å²) < 4.78 is 13.0. The molecule has 0 N–H and O–H groups in total. The number of nitrogens with zero attached hydrogens (tertiary/aromatic N) is 4. The van der Waals surface area contributed by atoms with Crippen molar-refractivity contribution in [2.45, 2.75) is 0 Å². The smallest absolute Gasteiger partial charge is 0.227 e. The van der Waals surface area contributed by atoms with Crippen molar-refractivity contribution in [2.24, 2.45) is 0 Å². The molecule has 52 heavy (non-hydrogen) atoms. The molecule has 3 aromatic heterocycles. The van der Waals surface area contributed by atoms with E-state index in [1.165, 1.54) is 0 Å². The summed E-state index contributed by atoms with van der Waals surface area (Å²) in [7, 11) is 0. The summed E-state index contributed by atoms with van der Waals surface area (Å²) in [5.41, 5.74) is 10.7. The lowest BCUT2D eigenvalue weighted by Crippen LogP contribution is -2.01. The zero-order valence-electron chi connectivity index (χ0n) is 27.8. The predicted octanol–water partition coefficient (Wildman–Crippen LogP) is 11.9. The predicted molar refractivity (Wildman–Crippen MR) is 207 cm³/mol. The van der Waals surface area contributed by atoms with Crippen molar-refractivity contribution in [3.8, 4) is 67.9 Å². The minimum atomic E-state index is 0.537. The second-order valence-electron chi connectivity index (χ2n) is 12.6. The average molecular weight is 669 g/mol. The molecule has 0 saturated heterocycles. The molecule has 0 unspecified atom stereocenters. The van der Waals surface area contributed by atoms with Gasteiger partial charge in [-0.15, -0.1) is 0 Å². The van der Waals surface area contributed by atoms with Crippen molar-refractivity contribution in [3.63, 3.8) is 0 Å². The van der Waals surface area contributed by atoms with Gasteiger partial charge >= 0.3 is 0 Å².